The van der Waals surface area contributed by atoms with Gasteiger partial charge in [0.25, 0.3) is 0 Å². The highest BCUT2D eigenvalue weighted by Gasteiger charge is 2.19. The van der Waals surface area contributed by atoms with Gasteiger partial charge >= 0.3 is 17.9 Å². The third kappa shape index (κ3) is 60.4. The number of ether oxygens (including phenoxy) is 3. The van der Waals surface area contributed by atoms with Crippen LogP contribution in [0.2, 0.25) is 0 Å². The zero-order chi connectivity index (χ0) is 52.9. The Balaban J connectivity index is 4.17. The number of carbonyl (C=O) groups excluding carboxylic acids is 3. The van der Waals surface area contributed by atoms with Crippen LogP contribution in [0.1, 0.15) is 355 Å². The van der Waals surface area contributed by atoms with Gasteiger partial charge in [-0.2, -0.15) is 0 Å². The fourth-order valence-electron chi connectivity index (χ4n) is 9.71. The number of hydrogen-bond acceptors (Lipinski definition) is 6. The normalized spacial score (nSPS) is 12.2. The smallest absolute Gasteiger partial charge is 0.306 e. The van der Waals surface area contributed by atoms with Gasteiger partial charge in [-0.25, -0.2) is 0 Å². The molecule has 0 spiro atoms. The third-order valence-electron chi connectivity index (χ3n) is 14.6. The van der Waals surface area contributed by atoms with Crippen LogP contribution < -0.4 is 0 Å². The zero-order valence-corrected chi connectivity index (χ0v) is 49.2. The molecule has 0 aliphatic carbocycles. The number of esters is 3. The Morgan fingerprint density at radius 2 is 0.493 bits per heavy atom. The van der Waals surface area contributed by atoms with Crippen molar-refractivity contribution in [1.82, 2.24) is 0 Å². The van der Waals surface area contributed by atoms with Gasteiger partial charge in [-0.3, -0.25) is 14.4 Å². The van der Waals surface area contributed by atoms with Gasteiger partial charge in [0.05, 0.1) is 0 Å². The van der Waals surface area contributed by atoms with Crippen molar-refractivity contribution in [1.29, 1.82) is 0 Å². The molecule has 0 radical (unpaired) electrons. The highest BCUT2D eigenvalue weighted by molar-refractivity contribution is 5.71. The first-order valence-electron chi connectivity index (χ1n) is 32.5. The quantitative estimate of drug-likeness (QED) is 0.0261. The summed E-state index contributed by atoms with van der Waals surface area (Å²) in [5, 5.41) is 0. The van der Waals surface area contributed by atoms with Crippen LogP contribution in [0.4, 0.5) is 0 Å². The molecule has 0 aromatic rings. The maximum Gasteiger partial charge on any atom is 0.306 e. The van der Waals surface area contributed by atoms with Crippen LogP contribution >= 0.6 is 0 Å². The van der Waals surface area contributed by atoms with Gasteiger partial charge in [-0.1, -0.05) is 295 Å². The van der Waals surface area contributed by atoms with Gasteiger partial charge < -0.3 is 14.2 Å². The van der Waals surface area contributed by atoms with Crippen LogP contribution in [-0.4, -0.2) is 37.2 Å². The molecule has 73 heavy (non-hydrogen) atoms. The molecule has 1 atom stereocenters. The molecule has 0 aliphatic rings. The van der Waals surface area contributed by atoms with Crippen molar-refractivity contribution < 1.29 is 28.6 Å². The van der Waals surface area contributed by atoms with Crippen molar-refractivity contribution >= 4 is 17.9 Å². The monoisotopic (exact) mass is 1020 g/mol. The average molecular weight is 1030 g/mol. The van der Waals surface area contributed by atoms with E-state index in [1.165, 1.54) is 250 Å². The lowest BCUT2D eigenvalue weighted by molar-refractivity contribution is -0.167. The molecule has 0 aliphatic heterocycles. The van der Waals surface area contributed by atoms with E-state index >= 15 is 0 Å². The van der Waals surface area contributed by atoms with E-state index in [9.17, 15) is 14.4 Å². The Morgan fingerprint density at radius 1 is 0.274 bits per heavy atom. The summed E-state index contributed by atoms with van der Waals surface area (Å²) in [5.74, 6) is -0.853. The lowest BCUT2D eigenvalue weighted by Gasteiger charge is -2.18. The number of allylic oxidation sites excluding steroid dienone is 6. The molecule has 0 fully saturated rings. The number of carbonyl (C=O) groups is 3. The first-order chi connectivity index (χ1) is 36.0. The molecule has 428 valence electrons. The minimum absolute atomic E-state index is 0.0689. The van der Waals surface area contributed by atoms with Crippen LogP contribution in [0.15, 0.2) is 36.5 Å². The summed E-state index contributed by atoms with van der Waals surface area (Å²) in [6.07, 6.45) is 75.9. The Kier molecular flexibility index (Phi) is 60.2. The third-order valence-corrected chi connectivity index (χ3v) is 14.6. The fourth-order valence-corrected chi connectivity index (χ4v) is 9.71. The van der Waals surface area contributed by atoms with E-state index in [-0.39, 0.29) is 31.1 Å². The summed E-state index contributed by atoms with van der Waals surface area (Å²) < 4.78 is 16.9. The molecule has 0 N–H and O–H groups in total. The van der Waals surface area contributed by atoms with Crippen molar-refractivity contribution in [3.8, 4) is 0 Å². The van der Waals surface area contributed by atoms with E-state index < -0.39 is 6.10 Å². The summed E-state index contributed by atoms with van der Waals surface area (Å²) in [4.78, 5) is 38.2. The molecular weight excluding hydrogens is 901 g/mol. The van der Waals surface area contributed by atoms with Gasteiger partial charge in [-0.05, 0) is 77.0 Å². The van der Waals surface area contributed by atoms with E-state index in [0.717, 1.165) is 64.2 Å². The molecule has 0 amide bonds. The van der Waals surface area contributed by atoms with Crippen LogP contribution in [0, 0.1) is 0 Å². The summed E-state index contributed by atoms with van der Waals surface area (Å²) >= 11 is 0. The lowest BCUT2D eigenvalue weighted by atomic mass is 10.0. The van der Waals surface area contributed by atoms with Crippen molar-refractivity contribution in [2.75, 3.05) is 13.2 Å². The fraction of sp³-hybridized carbons (Fsp3) is 0.866. The average Bonchev–Trinajstić information content (AvgIpc) is 3.39. The lowest BCUT2D eigenvalue weighted by Crippen LogP contribution is -2.30. The van der Waals surface area contributed by atoms with Gasteiger partial charge in [0.2, 0.25) is 0 Å². The molecule has 0 rings (SSSR count). The van der Waals surface area contributed by atoms with E-state index in [1.807, 2.05) is 0 Å². The molecule has 0 saturated heterocycles. The van der Waals surface area contributed by atoms with Gasteiger partial charge in [-0.15, -0.1) is 0 Å². The molecule has 0 saturated carbocycles. The second-order valence-corrected chi connectivity index (χ2v) is 22.0. The number of unbranched alkanes of at least 4 members (excludes halogenated alkanes) is 43. The minimum Gasteiger partial charge on any atom is -0.462 e. The Bertz CT molecular complexity index is 1220. The molecule has 0 aromatic heterocycles. The Morgan fingerprint density at radius 3 is 0.767 bits per heavy atom. The van der Waals surface area contributed by atoms with E-state index in [2.05, 4.69) is 57.2 Å². The SMILES string of the molecule is CCCCCCC/C=C\C/C=C\CCCCCCCCCCCCCCCC(=O)OCC(COC(=O)CCCCCCCCCCC)OC(=O)CCCCCCCCCCC/C=C\CCCCCCCCCC. The van der Waals surface area contributed by atoms with Gasteiger partial charge in [0.1, 0.15) is 13.2 Å². The largest absolute Gasteiger partial charge is 0.462 e. The molecular formula is C67H124O6. The summed E-state index contributed by atoms with van der Waals surface area (Å²) in [7, 11) is 0. The van der Waals surface area contributed by atoms with Crippen LogP contribution in [-0.2, 0) is 28.6 Å². The maximum atomic E-state index is 12.9. The van der Waals surface area contributed by atoms with Crippen LogP contribution in [0.25, 0.3) is 0 Å². The molecule has 0 bridgehead atoms. The number of hydrogen-bond donors (Lipinski definition) is 0. The van der Waals surface area contributed by atoms with Gasteiger partial charge in [0, 0.05) is 19.3 Å². The molecule has 0 aromatic carbocycles. The Hall–Kier alpha value is -2.37. The maximum absolute atomic E-state index is 12.9. The highest BCUT2D eigenvalue weighted by Crippen LogP contribution is 2.17. The van der Waals surface area contributed by atoms with E-state index in [0.29, 0.717) is 19.3 Å². The molecule has 1 unspecified atom stereocenters. The summed E-state index contributed by atoms with van der Waals surface area (Å²) in [5.41, 5.74) is 0. The predicted octanol–water partition coefficient (Wildman–Crippen LogP) is 22.0. The standard InChI is InChI=1S/C67H124O6/c1-4-7-10-13-16-19-21-23-25-27-29-31-32-33-34-36-37-39-41-43-45-48-51-54-57-60-66(69)72-63-64(62-71-65(68)59-56-53-50-47-18-15-12-9-6-3)73-67(70)61-58-55-52-49-46-44-42-40-38-35-30-28-26-24-22-20-17-14-11-8-5-2/h21,23,27-30,64H,4-20,22,24-26,31-63H2,1-3H3/b23-21-,29-27-,30-28-. The first kappa shape index (κ1) is 70.6. The molecule has 6 heteroatoms. The number of rotatable bonds is 60. The van der Waals surface area contributed by atoms with E-state index in [1.54, 1.807) is 0 Å². The van der Waals surface area contributed by atoms with Crippen LogP contribution in [0.5, 0.6) is 0 Å². The predicted molar refractivity (Wildman–Crippen MR) is 316 cm³/mol. The topological polar surface area (TPSA) is 78.9 Å². The second-order valence-electron chi connectivity index (χ2n) is 22.0. The van der Waals surface area contributed by atoms with Crippen molar-refractivity contribution in [2.45, 2.75) is 361 Å². The van der Waals surface area contributed by atoms with Crippen LogP contribution in [0.3, 0.4) is 0 Å². The molecule has 0 heterocycles. The van der Waals surface area contributed by atoms with Crippen molar-refractivity contribution in [2.24, 2.45) is 0 Å². The highest BCUT2D eigenvalue weighted by atomic mass is 16.6. The summed E-state index contributed by atoms with van der Waals surface area (Å²) in [6, 6.07) is 0. The van der Waals surface area contributed by atoms with Crippen molar-refractivity contribution in [3.05, 3.63) is 36.5 Å². The Labute approximate surface area is 455 Å². The second kappa shape index (κ2) is 62.2. The molecule has 6 nitrogen and oxygen atoms in total. The van der Waals surface area contributed by atoms with E-state index in [4.69, 9.17) is 14.2 Å². The zero-order valence-electron chi connectivity index (χ0n) is 49.2. The summed E-state index contributed by atoms with van der Waals surface area (Å²) in [6.45, 7) is 6.66. The van der Waals surface area contributed by atoms with Crippen molar-refractivity contribution in [3.63, 3.8) is 0 Å². The first-order valence-corrected chi connectivity index (χ1v) is 32.5. The van der Waals surface area contributed by atoms with Gasteiger partial charge in [0.15, 0.2) is 6.10 Å². The minimum atomic E-state index is -0.770.